The Hall–Kier alpha value is -2.56. The van der Waals surface area contributed by atoms with Gasteiger partial charge in [-0.05, 0) is 36.2 Å². The van der Waals surface area contributed by atoms with Gasteiger partial charge in [0, 0.05) is 6.20 Å². The van der Waals surface area contributed by atoms with Crippen LogP contribution in [-0.2, 0) is 6.54 Å². The number of aromatic nitrogens is 3. The molecule has 102 valence electrons. The van der Waals surface area contributed by atoms with Gasteiger partial charge in [0.2, 0.25) is 5.95 Å². The third kappa shape index (κ3) is 2.07. The van der Waals surface area contributed by atoms with E-state index in [1.54, 1.807) is 13.3 Å². The first-order chi connectivity index (χ1) is 9.69. The molecule has 2 N–H and O–H groups in total. The highest BCUT2D eigenvalue weighted by Crippen LogP contribution is 2.21. The van der Waals surface area contributed by atoms with Crippen molar-refractivity contribution >= 4 is 17.1 Å². The molecular weight excluding hydrogens is 252 g/mol. The zero-order valence-electron chi connectivity index (χ0n) is 11.5. The van der Waals surface area contributed by atoms with Crippen LogP contribution in [0.3, 0.4) is 0 Å². The third-order valence-electron chi connectivity index (χ3n) is 3.34. The summed E-state index contributed by atoms with van der Waals surface area (Å²) in [5, 5.41) is 0. The van der Waals surface area contributed by atoms with Crippen molar-refractivity contribution in [1.82, 2.24) is 14.5 Å². The number of hydrogen-bond donors (Lipinski definition) is 1. The second kappa shape index (κ2) is 4.85. The summed E-state index contributed by atoms with van der Waals surface area (Å²) < 4.78 is 7.15. The Morgan fingerprint density at radius 2 is 2.15 bits per heavy atom. The van der Waals surface area contributed by atoms with Gasteiger partial charge in [0.1, 0.15) is 11.3 Å². The molecule has 0 aliphatic rings. The average molecular weight is 268 g/mol. The Balaban J connectivity index is 2.06. The highest BCUT2D eigenvalue weighted by atomic mass is 16.5. The molecule has 0 amide bonds. The van der Waals surface area contributed by atoms with E-state index in [-0.39, 0.29) is 0 Å². The van der Waals surface area contributed by atoms with E-state index < -0.39 is 0 Å². The van der Waals surface area contributed by atoms with Crippen LogP contribution in [0.1, 0.15) is 11.1 Å². The van der Waals surface area contributed by atoms with Crippen LogP contribution in [0.2, 0.25) is 0 Å². The molecule has 5 heteroatoms. The predicted molar refractivity (Wildman–Crippen MR) is 78.8 cm³/mol. The van der Waals surface area contributed by atoms with Crippen molar-refractivity contribution in [2.75, 3.05) is 12.8 Å². The number of pyridine rings is 1. The number of nitrogens with zero attached hydrogens (tertiary/aromatic N) is 3. The molecule has 0 aliphatic carbocycles. The number of nitrogens with two attached hydrogens (primary N) is 1. The first kappa shape index (κ1) is 12.5. The monoisotopic (exact) mass is 268 g/mol. The molecule has 3 rings (SSSR count). The highest BCUT2D eigenvalue weighted by molar-refractivity contribution is 5.77. The fraction of sp³-hybridized carbons (Fsp3) is 0.200. The van der Waals surface area contributed by atoms with Crippen molar-refractivity contribution in [3.8, 4) is 5.75 Å². The first-order valence-corrected chi connectivity index (χ1v) is 6.39. The van der Waals surface area contributed by atoms with Gasteiger partial charge in [-0.1, -0.05) is 12.1 Å². The van der Waals surface area contributed by atoms with E-state index in [0.717, 1.165) is 28.0 Å². The Labute approximate surface area is 117 Å². The summed E-state index contributed by atoms with van der Waals surface area (Å²) in [5.41, 5.74) is 9.86. The SMILES string of the molecule is COc1cccc(Cn2c(N)nc3c(C)ccnc32)c1. The normalized spacial score (nSPS) is 10.9. The van der Waals surface area contributed by atoms with Gasteiger partial charge in [-0.3, -0.25) is 4.57 Å². The Morgan fingerprint density at radius 3 is 2.95 bits per heavy atom. The van der Waals surface area contributed by atoms with E-state index in [2.05, 4.69) is 9.97 Å². The van der Waals surface area contributed by atoms with Crippen molar-refractivity contribution in [2.45, 2.75) is 13.5 Å². The van der Waals surface area contributed by atoms with Crippen LogP contribution in [0, 0.1) is 6.92 Å². The predicted octanol–water partition coefficient (Wildman–Crippen LogP) is 2.38. The molecule has 0 aliphatic heterocycles. The fourth-order valence-corrected chi connectivity index (χ4v) is 2.26. The summed E-state index contributed by atoms with van der Waals surface area (Å²) in [6.07, 6.45) is 1.78. The number of nitrogen functional groups attached to an aromatic ring is 1. The zero-order chi connectivity index (χ0) is 14.1. The Bertz CT molecular complexity index is 764. The van der Waals surface area contributed by atoms with Crippen LogP contribution < -0.4 is 10.5 Å². The summed E-state index contributed by atoms with van der Waals surface area (Å²) in [7, 11) is 1.66. The van der Waals surface area contributed by atoms with Crippen LogP contribution in [0.4, 0.5) is 5.95 Å². The van der Waals surface area contributed by atoms with Gasteiger partial charge < -0.3 is 10.5 Å². The number of benzene rings is 1. The number of ether oxygens (including phenoxy) is 1. The quantitative estimate of drug-likeness (QED) is 0.792. The van der Waals surface area contributed by atoms with Gasteiger partial charge in [-0.15, -0.1) is 0 Å². The second-order valence-electron chi connectivity index (χ2n) is 4.71. The van der Waals surface area contributed by atoms with Crippen molar-refractivity contribution in [1.29, 1.82) is 0 Å². The summed E-state index contributed by atoms with van der Waals surface area (Å²) in [6, 6.07) is 9.83. The van der Waals surface area contributed by atoms with E-state index in [9.17, 15) is 0 Å². The van der Waals surface area contributed by atoms with Gasteiger partial charge in [0.05, 0.1) is 13.7 Å². The molecule has 2 heterocycles. The molecule has 2 aromatic heterocycles. The van der Waals surface area contributed by atoms with Crippen LogP contribution >= 0.6 is 0 Å². The molecule has 0 saturated carbocycles. The topological polar surface area (TPSA) is 66.0 Å². The maximum atomic E-state index is 6.02. The number of aryl methyl sites for hydroxylation is 1. The minimum Gasteiger partial charge on any atom is -0.497 e. The third-order valence-corrected chi connectivity index (χ3v) is 3.34. The summed E-state index contributed by atoms with van der Waals surface area (Å²) in [4.78, 5) is 8.79. The lowest BCUT2D eigenvalue weighted by atomic mass is 10.2. The molecule has 0 saturated heterocycles. The van der Waals surface area contributed by atoms with E-state index in [1.807, 2.05) is 41.8 Å². The molecule has 1 aromatic carbocycles. The number of fused-ring (bicyclic) bond motifs is 1. The van der Waals surface area contributed by atoms with Crippen molar-refractivity contribution < 1.29 is 4.74 Å². The maximum absolute atomic E-state index is 6.02. The van der Waals surface area contributed by atoms with Crippen molar-refractivity contribution in [2.24, 2.45) is 0 Å². The lowest BCUT2D eigenvalue weighted by Crippen LogP contribution is -2.05. The smallest absolute Gasteiger partial charge is 0.202 e. The van der Waals surface area contributed by atoms with Crippen LogP contribution in [-0.4, -0.2) is 21.6 Å². The van der Waals surface area contributed by atoms with Gasteiger partial charge in [0.25, 0.3) is 0 Å². The van der Waals surface area contributed by atoms with Crippen LogP contribution in [0.25, 0.3) is 11.2 Å². The summed E-state index contributed by atoms with van der Waals surface area (Å²) in [5.74, 6) is 1.30. The largest absolute Gasteiger partial charge is 0.497 e. The van der Waals surface area contributed by atoms with E-state index in [1.165, 1.54) is 0 Å². The number of methoxy groups -OCH3 is 1. The lowest BCUT2D eigenvalue weighted by molar-refractivity contribution is 0.414. The van der Waals surface area contributed by atoms with Crippen molar-refractivity contribution in [3.63, 3.8) is 0 Å². The molecule has 0 fully saturated rings. The lowest BCUT2D eigenvalue weighted by Gasteiger charge is -2.07. The van der Waals surface area contributed by atoms with Gasteiger partial charge in [-0.2, -0.15) is 0 Å². The molecule has 3 aromatic rings. The first-order valence-electron chi connectivity index (χ1n) is 6.39. The standard InChI is InChI=1S/C15H16N4O/c1-10-6-7-17-14-13(10)18-15(16)19(14)9-11-4-3-5-12(8-11)20-2/h3-8H,9H2,1-2H3,(H2,16,18). The second-order valence-corrected chi connectivity index (χ2v) is 4.71. The minimum absolute atomic E-state index is 0.476. The number of hydrogen-bond acceptors (Lipinski definition) is 4. The minimum atomic E-state index is 0.476. The van der Waals surface area contributed by atoms with Gasteiger partial charge in [0.15, 0.2) is 5.65 Å². The highest BCUT2D eigenvalue weighted by Gasteiger charge is 2.11. The number of imidazole rings is 1. The number of rotatable bonds is 3. The molecular formula is C15H16N4O. The Kier molecular flexibility index (Phi) is 3.02. The van der Waals surface area contributed by atoms with E-state index >= 15 is 0 Å². The van der Waals surface area contributed by atoms with Crippen LogP contribution in [0.5, 0.6) is 5.75 Å². The fourth-order valence-electron chi connectivity index (χ4n) is 2.26. The molecule has 0 spiro atoms. The zero-order valence-corrected chi connectivity index (χ0v) is 11.5. The van der Waals surface area contributed by atoms with Gasteiger partial charge >= 0.3 is 0 Å². The molecule has 0 radical (unpaired) electrons. The van der Waals surface area contributed by atoms with Crippen LogP contribution in [0.15, 0.2) is 36.5 Å². The molecule has 0 unspecified atom stereocenters. The van der Waals surface area contributed by atoms with Crippen molar-refractivity contribution in [3.05, 3.63) is 47.7 Å². The Morgan fingerprint density at radius 1 is 1.30 bits per heavy atom. The molecule has 20 heavy (non-hydrogen) atoms. The van der Waals surface area contributed by atoms with E-state index in [4.69, 9.17) is 10.5 Å². The summed E-state index contributed by atoms with van der Waals surface area (Å²) in [6.45, 7) is 2.63. The maximum Gasteiger partial charge on any atom is 0.202 e. The molecule has 0 bridgehead atoms. The number of anilines is 1. The van der Waals surface area contributed by atoms with E-state index in [0.29, 0.717) is 12.5 Å². The summed E-state index contributed by atoms with van der Waals surface area (Å²) >= 11 is 0. The molecule has 5 nitrogen and oxygen atoms in total. The molecule has 0 atom stereocenters. The average Bonchev–Trinajstić information content (AvgIpc) is 2.78. The van der Waals surface area contributed by atoms with Gasteiger partial charge in [-0.25, -0.2) is 9.97 Å².